The zero-order chi connectivity index (χ0) is 11.4. The predicted molar refractivity (Wildman–Crippen MR) is 72.1 cm³/mol. The standard InChI is InChI=1S/C12H18BrNOS/c1-2-14-11(9-3-5-15-8-9)7-12-10(13)4-6-16-12/h4,6,9,11,14H,2-3,5,7-8H2,1H3. The van der Waals surface area contributed by atoms with Gasteiger partial charge in [-0.1, -0.05) is 6.92 Å². The minimum Gasteiger partial charge on any atom is -0.381 e. The highest BCUT2D eigenvalue weighted by Gasteiger charge is 2.25. The third-order valence-electron chi connectivity index (χ3n) is 3.10. The van der Waals surface area contributed by atoms with Gasteiger partial charge in [-0.3, -0.25) is 0 Å². The van der Waals surface area contributed by atoms with E-state index in [9.17, 15) is 0 Å². The second-order valence-corrected chi connectivity index (χ2v) is 6.04. The van der Waals surface area contributed by atoms with Gasteiger partial charge in [0.25, 0.3) is 0 Å². The lowest BCUT2D eigenvalue weighted by atomic mass is 9.95. The van der Waals surface area contributed by atoms with E-state index in [4.69, 9.17) is 4.74 Å². The molecule has 0 bridgehead atoms. The van der Waals surface area contributed by atoms with Gasteiger partial charge < -0.3 is 10.1 Å². The summed E-state index contributed by atoms with van der Waals surface area (Å²) in [7, 11) is 0. The van der Waals surface area contributed by atoms with Crippen molar-refractivity contribution in [3.8, 4) is 0 Å². The fraction of sp³-hybridized carbons (Fsp3) is 0.667. The van der Waals surface area contributed by atoms with Gasteiger partial charge in [0.05, 0.1) is 6.61 Å². The number of ether oxygens (including phenoxy) is 1. The SMILES string of the molecule is CCNC(Cc1sccc1Br)C1CCOC1. The molecule has 1 aromatic heterocycles. The van der Waals surface area contributed by atoms with Crippen molar-refractivity contribution in [1.29, 1.82) is 0 Å². The van der Waals surface area contributed by atoms with Crippen LogP contribution in [0.3, 0.4) is 0 Å². The van der Waals surface area contributed by atoms with Gasteiger partial charge in [0, 0.05) is 27.9 Å². The van der Waals surface area contributed by atoms with E-state index >= 15 is 0 Å². The van der Waals surface area contributed by atoms with E-state index in [1.54, 1.807) is 0 Å². The Morgan fingerprint density at radius 2 is 2.56 bits per heavy atom. The van der Waals surface area contributed by atoms with Crippen LogP contribution in [-0.4, -0.2) is 25.8 Å². The molecule has 1 aromatic rings. The van der Waals surface area contributed by atoms with Crippen LogP contribution in [0.15, 0.2) is 15.9 Å². The van der Waals surface area contributed by atoms with E-state index < -0.39 is 0 Å². The summed E-state index contributed by atoms with van der Waals surface area (Å²) in [6, 6.07) is 2.69. The number of hydrogen-bond acceptors (Lipinski definition) is 3. The Bertz CT molecular complexity index is 323. The average molecular weight is 304 g/mol. The molecule has 1 saturated heterocycles. The van der Waals surface area contributed by atoms with Gasteiger partial charge in [0.15, 0.2) is 0 Å². The van der Waals surface area contributed by atoms with Crippen LogP contribution in [0.2, 0.25) is 0 Å². The molecular weight excluding hydrogens is 286 g/mol. The minimum atomic E-state index is 0.558. The van der Waals surface area contributed by atoms with E-state index in [0.29, 0.717) is 12.0 Å². The predicted octanol–water partition coefficient (Wildman–Crippen LogP) is 3.07. The average Bonchev–Trinajstić information content (AvgIpc) is 2.90. The van der Waals surface area contributed by atoms with Crippen LogP contribution >= 0.6 is 27.3 Å². The number of hydrogen-bond donors (Lipinski definition) is 1. The monoisotopic (exact) mass is 303 g/mol. The number of rotatable bonds is 5. The molecule has 2 unspecified atom stereocenters. The summed E-state index contributed by atoms with van der Waals surface area (Å²) in [5.41, 5.74) is 0. The molecule has 0 radical (unpaired) electrons. The van der Waals surface area contributed by atoms with Crippen LogP contribution in [0, 0.1) is 5.92 Å². The Kier molecular flexibility index (Phi) is 4.82. The van der Waals surface area contributed by atoms with E-state index in [-0.39, 0.29) is 0 Å². The second-order valence-electron chi connectivity index (χ2n) is 4.18. The van der Waals surface area contributed by atoms with Gasteiger partial charge in [0.2, 0.25) is 0 Å². The van der Waals surface area contributed by atoms with Crippen molar-refractivity contribution in [2.75, 3.05) is 19.8 Å². The molecular formula is C12H18BrNOS. The van der Waals surface area contributed by atoms with Gasteiger partial charge in [-0.2, -0.15) is 0 Å². The Balaban J connectivity index is 1.99. The largest absolute Gasteiger partial charge is 0.381 e. The molecule has 2 rings (SSSR count). The maximum Gasteiger partial charge on any atom is 0.0510 e. The van der Waals surface area contributed by atoms with E-state index in [2.05, 4.69) is 39.6 Å². The lowest BCUT2D eigenvalue weighted by Gasteiger charge is -2.22. The summed E-state index contributed by atoms with van der Waals surface area (Å²) >= 11 is 5.44. The number of halogens is 1. The number of likely N-dealkylation sites (N-methyl/N-ethyl adjacent to an activating group) is 1. The smallest absolute Gasteiger partial charge is 0.0510 e. The zero-order valence-corrected chi connectivity index (χ0v) is 11.9. The van der Waals surface area contributed by atoms with Crippen molar-refractivity contribution in [2.24, 2.45) is 5.92 Å². The fourth-order valence-electron chi connectivity index (χ4n) is 2.21. The van der Waals surface area contributed by atoms with Gasteiger partial charge >= 0.3 is 0 Å². The highest BCUT2D eigenvalue weighted by atomic mass is 79.9. The van der Waals surface area contributed by atoms with Crippen LogP contribution < -0.4 is 5.32 Å². The third-order valence-corrected chi connectivity index (χ3v) is 5.05. The number of nitrogens with one attached hydrogen (secondary N) is 1. The summed E-state index contributed by atoms with van der Waals surface area (Å²) in [6.07, 6.45) is 2.31. The van der Waals surface area contributed by atoms with Crippen LogP contribution in [0.25, 0.3) is 0 Å². The second kappa shape index (κ2) is 6.15. The van der Waals surface area contributed by atoms with E-state index in [1.165, 1.54) is 15.8 Å². The molecule has 1 aliphatic rings. The summed E-state index contributed by atoms with van der Waals surface area (Å²) in [5.74, 6) is 0.675. The minimum absolute atomic E-state index is 0.558. The summed E-state index contributed by atoms with van der Waals surface area (Å²) in [4.78, 5) is 1.44. The third kappa shape index (κ3) is 3.06. The van der Waals surface area contributed by atoms with Gasteiger partial charge in [-0.15, -0.1) is 11.3 Å². The normalized spacial score (nSPS) is 22.5. The van der Waals surface area contributed by atoms with Gasteiger partial charge in [-0.05, 0) is 46.8 Å². The molecule has 0 aromatic carbocycles. The molecule has 90 valence electrons. The first kappa shape index (κ1) is 12.6. The number of thiophene rings is 1. The van der Waals surface area contributed by atoms with Crippen molar-refractivity contribution >= 4 is 27.3 Å². The van der Waals surface area contributed by atoms with Crippen molar-refractivity contribution in [1.82, 2.24) is 5.32 Å². The maximum absolute atomic E-state index is 5.49. The molecule has 1 fully saturated rings. The molecule has 2 nitrogen and oxygen atoms in total. The van der Waals surface area contributed by atoms with Crippen LogP contribution in [0.1, 0.15) is 18.2 Å². The van der Waals surface area contributed by atoms with E-state index in [0.717, 1.165) is 26.2 Å². The maximum atomic E-state index is 5.49. The lowest BCUT2D eigenvalue weighted by Crippen LogP contribution is -2.38. The first-order valence-corrected chi connectivity index (χ1v) is 7.51. The molecule has 0 amide bonds. The molecule has 2 heterocycles. The van der Waals surface area contributed by atoms with Crippen molar-refractivity contribution in [3.05, 3.63) is 20.8 Å². The van der Waals surface area contributed by atoms with E-state index in [1.807, 2.05) is 11.3 Å². The highest BCUT2D eigenvalue weighted by Crippen LogP contribution is 2.27. The molecule has 0 saturated carbocycles. The van der Waals surface area contributed by atoms with Crippen molar-refractivity contribution < 1.29 is 4.74 Å². The summed E-state index contributed by atoms with van der Waals surface area (Å²) < 4.78 is 6.73. The molecule has 1 aliphatic heterocycles. The molecule has 1 N–H and O–H groups in total. The van der Waals surface area contributed by atoms with Crippen LogP contribution in [0.5, 0.6) is 0 Å². The zero-order valence-electron chi connectivity index (χ0n) is 9.54. The van der Waals surface area contributed by atoms with Gasteiger partial charge in [0.1, 0.15) is 0 Å². The topological polar surface area (TPSA) is 21.3 Å². The fourth-order valence-corrected chi connectivity index (χ4v) is 3.78. The first-order chi connectivity index (χ1) is 7.81. The molecule has 16 heavy (non-hydrogen) atoms. The molecule has 0 spiro atoms. The first-order valence-electron chi connectivity index (χ1n) is 5.84. The Morgan fingerprint density at radius 3 is 3.12 bits per heavy atom. The summed E-state index contributed by atoms with van der Waals surface area (Å²) in [5, 5.41) is 5.74. The molecule has 0 aliphatic carbocycles. The Labute approximate surface area is 110 Å². The van der Waals surface area contributed by atoms with Crippen molar-refractivity contribution in [3.63, 3.8) is 0 Å². The molecule has 2 atom stereocenters. The Morgan fingerprint density at radius 1 is 1.69 bits per heavy atom. The molecule has 4 heteroatoms. The Hall–Kier alpha value is 0.1000. The lowest BCUT2D eigenvalue weighted by molar-refractivity contribution is 0.176. The quantitative estimate of drug-likeness (QED) is 0.902. The van der Waals surface area contributed by atoms with Crippen LogP contribution in [0.4, 0.5) is 0 Å². The van der Waals surface area contributed by atoms with Crippen LogP contribution in [-0.2, 0) is 11.2 Å². The summed E-state index contributed by atoms with van der Waals surface area (Å²) in [6.45, 7) is 5.05. The van der Waals surface area contributed by atoms with Crippen molar-refractivity contribution in [2.45, 2.75) is 25.8 Å². The van der Waals surface area contributed by atoms with Gasteiger partial charge in [-0.25, -0.2) is 0 Å². The highest BCUT2D eigenvalue weighted by molar-refractivity contribution is 9.10.